The maximum atomic E-state index is 13.2. The predicted octanol–water partition coefficient (Wildman–Crippen LogP) is 1.54. The third kappa shape index (κ3) is 3.47. The fourth-order valence-electron chi connectivity index (χ4n) is 4.98. The summed E-state index contributed by atoms with van der Waals surface area (Å²) in [5.74, 6) is 0.462. The van der Waals surface area contributed by atoms with Crippen molar-refractivity contribution in [3.63, 3.8) is 0 Å². The lowest BCUT2D eigenvalue weighted by atomic mass is 9.81. The van der Waals surface area contributed by atoms with Gasteiger partial charge in [0.1, 0.15) is 0 Å². The number of likely N-dealkylation sites (tertiary alicyclic amines) is 1. The number of carbonyl (C=O) groups is 1. The van der Waals surface area contributed by atoms with Crippen molar-refractivity contribution in [2.45, 2.75) is 37.0 Å². The molecule has 1 atom stereocenters. The first-order chi connectivity index (χ1) is 14.2. The quantitative estimate of drug-likeness (QED) is 0.733. The smallest absolute Gasteiger partial charge is 0.328 e. The Hall–Kier alpha value is -2.13. The van der Waals surface area contributed by atoms with Gasteiger partial charge in [0.15, 0.2) is 0 Å². The molecule has 164 valence electrons. The predicted molar refractivity (Wildman–Crippen MR) is 115 cm³/mol. The maximum absolute atomic E-state index is 13.2. The van der Waals surface area contributed by atoms with Crippen LogP contribution in [0.2, 0.25) is 0 Å². The average molecular weight is 435 g/mol. The van der Waals surface area contributed by atoms with Crippen molar-refractivity contribution >= 4 is 27.0 Å². The average Bonchev–Trinajstić information content (AvgIpc) is 2.86. The number of imidazole rings is 1. The Morgan fingerprint density at radius 3 is 2.23 bits per heavy atom. The molecule has 0 radical (unpaired) electrons. The largest absolute Gasteiger partial charge is 0.346 e. The van der Waals surface area contributed by atoms with Crippen molar-refractivity contribution in [1.29, 1.82) is 0 Å². The number of rotatable bonds is 3. The first kappa shape index (κ1) is 21.1. The Morgan fingerprint density at radius 1 is 0.867 bits per heavy atom. The molecule has 1 aromatic carbocycles. The topological polar surface area (TPSA) is 84.6 Å². The van der Waals surface area contributed by atoms with Crippen LogP contribution in [0, 0.1) is 11.8 Å². The minimum atomic E-state index is -3.65. The van der Waals surface area contributed by atoms with E-state index in [1.807, 2.05) is 11.9 Å². The van der Waals surface area contributed by atoms with E-state index in [0.717, 1.165) is 25.8 Å². The molecule has 0 aliphatic carbocycles. The zero-order valence-corrected chi connectivity index (χ0v) is 18.7. The van der Waals surface area contributed by atoms with Gasteiger partial charge in [0, 0.05) is 46.7 Å². The summed E-state index contributed by atoms with van der Waals surface area (Å²) in [5, 5.41) is 0. The summed E-state index contributed by atoms with van der Waals surface area (Å²) in [6, 6.07) is 4.85. The molecule has 3 heterocycles. The SMILES string of the molecule is CN1CCCCC(C2CCN(S(=O)(=O)c3ccc4c(c3)n(C)c(=O)n4C)CC2)C1=O. The van der Waals surface area contributed by atoms with E-state index in [4.69, 9.17) is 0 Å². The van der Waals surface area contributed by atoms with Gasteiger partial charge in [0.25, 0.3) is 0 Å². The second-order valence-electron chi connectivity index (χ2n) is 8.65. The van der Waals surface area contributed by atoms with Crippen molar-refractivity contribution in [1.82, 2.24) is 18.3 Å². The number of hydrogen-bond donors (Lipinski definition) is 0. The van der Waals surface area contributed by atoms with E-state index in [1.54, 1.807) is 32.3 Å². The van der Waals surface area contributed by atoms with E-state index in [9.17, 15) is 18.0 Å². The third-order valence-electron chi connectivity index (χ3n) is 6.90. The molecule has 2 aromatic rings. The van der Waals surface area contributed by atoms with Gasteiger partial charge in [-0.15, -0.1) is 0 Å². The van der Waals surface area contributed by atoms with Crippen molar-refractivity contribution in [3.05, 3.63) is 28.7 Å². The van der Waals surface area contributed by atoms with Crippen LogP contribution in [0.15, 0.2) is 27.9 Å². The Kier molecular flexibility index (Phi) is 5.52. The van der Waals surface area contributed by atoms with Gasteiger partial charge in [0.2, 0.25) is 15.9 Å². The summed E-state index contributed by atoms with van der Waals surface area (Å²) in [6.45, 7) is 1.66. The van der Waals surface area contributed by atoms with Crippen LogP contribution in [0.1, 0.15) is 32.1 Å². The van der Waals surface area contributed by atoms with Gasteiger partial charge in [-0.1, -0.05) is 6.42 Å². The van der Waals surface area contributed by atoms with Crippen molar-refractivity contribution in [3.8, 4) is 0 Å². The van der Waals surface area contributed by atoms with Crippen molar-refractivity contribution < 1.29 is 13.2 Å². The lowest BCUT2D eigenvalue weighted by Crippen LogP contribution is -2.43. The Balaban J connectivity index is 1.53. The summed E-state index contributed by atoms with van der Waals surface area (Å²) >= 11 is 0. The minimum Gasteiger partial charge on any atom is -0.346 e. The summed E-state index contributed by atoms with van der Waals surface area (Å²) in [7, 11) is 1.54. The first-order valence-electron chi connectivity index (χ1n) is 10.6. The highest BCUT2D eigenvalue weighted by atomic mass is 32.2. The second-order valence-corrected chi connectivity index (χ2v) is 10.6. The van der Waals surface area contributed by atoms with E-state index in [0.29, 0.717) is 37.0 Å². The fraction of sp³-hybridized carbons (Fsp3) is 0.619. The molecule has 2 aliphatic rings. The number of benzene rings is 1. The number of aryl methyl sites for hydroxylation is 2. The first-order valence-corrected chi connectivity index (χ1v) is 12.1. The molecule has 0 saturated carbocycles. The minimum absolute atomic E-state index is 0.0116. The molecule has 1 amide bonds. The molecule has 0 bridgehead atoms. The van der Waals surface area contributed by atoms with Crippen LogP contribution in [-0.2, 0) is 28.9 Å². The highest BCUT2D eigenvalue weighted by Gasteiger charge is 2.37. The second kappa shape index (κ2) is 7.85. The monoisotopic (exact) mass is 434 g/mol. The molecule has 4 rings (SSSR count). The molecule has 2 saturated heterocycles. The molecule has 1 unspecified atom stereocenters. The van der Waals surface area contributed by atoms with E-state index < -0.39 is 10.0 Å². The Bertz CT molecular complexity index is 1130. The van der Waals surface area contributed by atoms with E-state index in [-0.39, 0.29) is 28.3 Å². The van der Waals surface area contributed by atoms with Crippen molar-refractivity contribution in [2.24, 2.45) is 25.9 Å². The molecule has 0 spiro atoms. The molecule has 2 aliphatic heterocycles. The molecule has 1 aromatic heterocycles. The van der Waals surface area contributed by atoms with Crippen LogP contribution in [0.25, 0.3) is 11.0 Å². The standard InChI is InChI=1S/C21H30N4O4S/c1-22-11-5-4-6-17(20(22)26)15-9-12-25(13-10-15)30(28,29)16-7-8-18-19(14-16)24(3)21(27)23(18)2/h7-8,14-15,17H,4-6,9-13H2,1-3H3. The zero-order chi connectivity index (χ0) is 21.6. The molecule has 2 fully saturated rings. The summed E-state index contributed by atoms with van der Waals surface area (Å²) < 4.78 is 31.0. The highest BCUT2D eigenvalue weighted by Crippen LogP contribution is 2.33. The van der Waals surface area contributed by atoms with Gasteiger partial charge in [-0.3, -0.25) is 13.9 Å². The van der Waals surface area contributed by atoms with Crippen LogP contribution in [-0.4, -0.2) is 59.3 Å². The van der Waals surface area contributed by atoms with Crippen LogP contribution < -0.4 is 5.69 Å². The van der Waals surface area contributed by atoms with Gasteiger partial charge in [-0.2, -0.15) is 4.31 Å². The maximum Gasteiger partial charge on any atom is 0.328 e. The Labute approximate surface area is 177 Å². The molecular weight excluding hydrogens is 404 g/mol. The normalized spacial score (nSPS) is 22.6. The Morgan fingerprint density at radius 2 is 1.53 bits per heavy atom. The number of piperidine rings is 1. The number of nitrogens with zero attached hydrogens (tertiary/aromatic N) is 4. The van der Waals surface area contributed by atoms with E-state index in [2.05, 4.69) is 0 Å². The molecule has 30 heavy (non-hydrogen) atoms. The van der Waals surface area contributed by atoms with Crippen LogP contribution >= 0.6 is 0 Å². The number of amides is 1. The van der Waals surface area contributed by atoms with Crippen LogP contribution in [0.4, 0.5) is 0 Å². The number of sulfonamides is 1. The number of carbonyl (C=O) groups excluding carboxylic acids is 1. The van der Waals surface area contributed by atoms with Crippen molar-refractivity contribution in [2.75, 3.05) is 26.7 Å². The molecule has 0 N–H and O–H groups in total. The third-order valence-corrected chi connectivity index (χ3v) is 8.80. The summed E-state index contributed by atoms with van der Waals surface area (Å²) in [6.07, 6.45) is 4.40. The summed E-state index contributed by atoms with van der Waals surface area (Å²) in [4.78, 5) is 26.9. The number of hydrogen-bond acceptors (Lipinski definition) is 4. The zero-order valence-electron chi connectivity index (χ0n) is 17.9. The number of aromatic nitrogens is 2. The lowest BCUT2D eigenvalue weighted by molar-refractivity contribution is -0.135. The van der Waals surface area contributed by atoms with Gasteiger partial charge in [0.05, 0.1) is 15.9 Å². The van der Waals surface area contributed by atoms with E-state index >= 15 is 0 Å². The summed E-state index contributed by atoms with van der Waals surface area (Å²) in [5.41, 5.74) is 1.13. The fourth-order valence-corrected chi connectivity index (χ4v) is 6.47. The van der Waals surface area contributed by atoms with Gasteiger partial charge in [-0.25, -0.2) is 13.2 Å². The highest BCUT2D eigenvalue weighted by molar-refractivity contribution is 7.89. The molecule has 9 heteroatoms. The molecular formula is C21H30N4O4S. The van der Waals surface area contributed by atoms with E-state index in [1.165, 1.54) is 13.4 Å². The van der Waals surface area contributed by atoms with Gasteiger partial charge >= 0.3 is 5.69 Å². The van der Waals surface area contributed by atoms with Gasteiger partial charge in [-0.05, 0) is 49.8 Å². The van der Waals surface area contributed by atoms with Crippen LogP contribution in [0.5, 0.6) is 0 Å². The molecule has 8 nitrogen and oxygen atoms in total. The van der Waals surface area contributed by atoms with Crippen LogP contribution in [0.3, 0.4) is 0 Å². The lowest BCUT2D eigenvalue weighted by Gasteiger charge is -2.35. The number of fused-ring (bicyclic) bond motifs is 1. The van der Waals surface area contributed by atoms with Gasteiger partial charge < -0.3 is 4.90 Å².